The summed E-state index contributed by atoms with van der Waals surface area (Å²) in [7, 11) is 0. The van der Waals surface area contributed by atoms with Crippen molar-refractivity contribution in [3.63, 3.8) is 0 Å². The Morgan fingerprint density at radius 1 is 1.12 bits per heavy atom. The lowest BCUT2D eigenvalue weighted by Gasteiger charge is -2.33. The molecule has 0 aliphatic carbocycles. The zero-order chi connectivity index (χ0) is 13.3. The van der Waals surface area contributed by atoms with E-state index in [9.17, 15) is 0 Å². The van der Waals surface area contributed by atoms with Crippen LogP contribution < -0.4 is 11.1 Å². The molecular formula is C11H20ClN5. The summed E-state index contributed by atoms with van der Waals surface area (Å²) in [5.41, 5.74) is 5.58. The molecule has 1 aromatic heterocycles. The minimum Gasteiger partial charge on any atom is -0.368 e. The highest BCUT2D eigenvalue weighted by molar-refractivity contribution is 6.28. The summed E-state index contributed by atoms with van der Waals surface area (Å²) in [6.45, 7) is 10.7. The van der Waals surface area contributed by atoms with Crippen molar-refractivity contribution in [3.8, 4) is 0 Å². The van der Waals surface area contributed by atoms with Gasteiger partial charge in [0.05, 0.1) is 0 Å². The Hall–Kier alpha value is -1.10. The summed E-state index contributed by atoms with van der Waals surface area (Å²) in [5, 5.41) is 3.33. The van der Waals surface area contributed by atoms with Crippen LogP contribution in [0.2, 0.25) is 5.28 Å². The number of nitrogens with zero attached hydrogens (tertiary/aromatic N) is 3. The van der Waals surface area contributed by atoms with Gasteiger partial charge in [-0.3, -0.25) is 0 Å². The number of hydrogen-bond acceptors (Lipinski definition) is 5. The van der Waals surface area contributed by atoms with E-state index in [1.807, 2.05) is 0 Å². The van der Waals surface area contributed by atoms with Crippen LogP contribution in [0, 0.1) is 5.41 Å². The quantitative estimate of drug-likeness (QED) is 0.871. The Balaban J connectivity index is 2.82. The lowest BCUT2D eigenvalue weighted by Crippen LogP contribution is -2.36. The van der Waals surface area contributed by atoms with Gasteiger partial charge in [0.15, 0.2) is 0 Å². The third-order valence-electron chi connectivity index (χ3n) is 2.05. The molecule has 0 amide bonds. The summed E-state index contributed by atoms with van der Waals surface area (Å²) in [4.78, 5) is 11.7. The van der Waals surface area contributed by atoms with Crippen molar-refractivity contribution in [1.82, 2.24) is 15.0 Å². The molecule has 0 aliphatic heterocycles. The first kappa shape index (κ1) is 14.0. The van der Waals surface area contributed by atoms with Crippen LogP contribution in [-0.4, -0.2) is 20.5 Å². The highest BCUT2D eigenvalue weighted by Gasteiger charge is 2.26. The van der Waals surface area contributed by atoms with Gasteiger partial charge in [-0.15, -0.1) is 0 Å². The molecule has 1 rings (SSSR count). The largest absolute Gasteiger partial charge is 0.368 e. The van der Waals surface area contributed by atoms with E-state index in [0.717, 1.165) is 6.42 Å². The number of anilines is 2. The highest BCUT2D eigenvalue weighted by Crippen LogP contribution is 2.29. The molecule has 0 saturated carbocycles. The molecule has 6 heteroatoms. The number of nitrogen functional groups attached to an aromatic ring is 1. The summed E-state index contributed by atoms with van der Waals surface area (Å²) < 4.78 is 0. The Kier molecular flexibility index (Phi) is 3.81. The van der Waals surface area contributed by atoms with E-state index in [1.165, 1.54) is 0 Å². The molecule has 0 fully saturated rings. The molecule has 0 spiro atoms. The van der Waals surface area contributed by atoms with Crippen molar-refractivity contribution in [2.45, 2.75) is 46.6 Å². The summed E-state index contributed by atoms with van der Waals surface area (Å²) >= 11 is 5.73. The van der Waals surface area contributed by atoms with Gasteiger partial charge < -0.3 is 11.1 Å². The van der Waals surface area contributed by atoms with Crippen LogP contribution in [0.3, 0.4) is 0 Å². The smallest absolute Gasteiger partial charge is 0.229 e. The molecule has 1 heterocycles. The van der Waals surface area contributed by atoms with Gasteiger partial charge >= 0.3 is 0 Å². The lowest BCUT2D eigenvalue weighted by molar-refractivity contribution is 0.301. The van der Waals surface area contributed by atoms with E-state index in [4.69, 9.17) is 17.3 Å². The number of rotatable bonds is 3. The Bertz CT molecular complexity index is 377. The van der Waals surface area contributed by atoms with Gasteiger partial charge in [0, 0.05) is 5.54 Å². The van der Waals surface area contributed by atoms with Crippen LogP contribution in [0.25, 0.3) is 0 Å². The van der Waals surface area contributed by atoms with Gasteiger partial charge in [0.25, 0.3) is 0 Å². The summed E-state index contributed by atoms with van der Waals surface area (Å²) in [5.74, 6) is 0.538. The maximum atomic E-state index is 5.73. The number of nitrogens with two attached hydrogens (primary N) is 1. The Morgan fingerprint density at radius 2 is 1.71 bits per heavy atom. The monoisotopic (exact) mass is 257 g/mol. The fourth-order valence-electron chi connectivity index (χ4n) is 2.09. The molecule has 3 N–H and O–H groups in total. The van der Waals surface area contributed by atoms with Gasteiger partial charge in [0.2, 0.25) is 17.2 Å². The fraction of sp³-hybridized carbons (Fsp3) is 0.727. The van der Waals surface area contributed by atoms with Crippen LogP contribution in [0.15, 0.2) is 0 Å². The molecule has 0 unspecified atom stereocenters. The van der Waals surface area contributed by atoms with Crippen LogP contribution >= 0.6 is 11.6 Å². The molecule has 0 saturated heterocycles. The standard InChI is InChI=1S/C11H20ClN5/c1-10(2,3)6-11(4,5)17-9-15-7(12)14-8(13)16-9/h6H2,1-5H3,(H3,13,14,15,16,17). The highest BCUT2D eigenvalue weighted by atomic mass is 35.5. The second-order valence-electron chi connectivity index (χ2n) is 6.03. The zero-order valence-corrected chi connectivity index (χ0v) is 11.8. The van der Waals surface area contributed by atoms with Crippen molar-refractivity contribution in [1.29, 1.82) is 0 Å². The molecule has 5 nitrogen and oxygen atoms in total. The summed E-state index contributed by atoms with van der Waals surface area (Å²) in [6, 6.07) is 0. The molecule has 17 heavy (non-hydrogen) atoms. The second-order valence-corrected chi connectivity index (χ2v) is 6.37. The molecule has 0 atom stereocenters. The molecule has 0 bridgehead atoms. The van der Waals surface area contributed by atoms with Gasteiger partial charge in [-0.2, -0.15) is 15.0 Å². The maximum Gasteiger partial charge on any atom is 0.229 e. The molecule has 96 valence electrons. The van der Waals surface area contributed by atoms with E-state index in [1.54, 1.807) is 0 Å². The lowest BCUT2D eigenvalue weighted by atomic mass is 9.82. The zero-order valence-electron chi connectivity index (χ0n) is 11.0. The maximum absolute atomic E-state index is 5.73. The average Bonchev–Trinajstić information content (AvgIpc) is 1.93. The Morgan fingerprint density at radius 3 is 2.18 bits per heavy atom. The first-order valence-corrected chi connectivity index (χ1v) is 5.90. The van der Waals surface area contributed by atoms with Gasteiger partial charge in [-0.1, -0.05) is 20.8 Å². The Labute approximate surface area is 107 Å². The molecule has 1 aromatic rings. The van der Waals surface area contributed by atoms with Crippen molar-refractivity contribution in [3.05, 3.63) is 5.28 Å². The van der Waals surface area contributed by atoms with Crippen molar-refractivity contribution in [2.24, 2.45) is 5.41 Å². The molecule has 0 aromatic carbocycles. The number of nitrogens with one attached hydrogen (secondary N) is 1. The second kappa shape index (κ2) is 4.64. The van der Waals surface area contributed by atoms with Crippen LogP contribution in [0.1, 0.15) is 41.0 Å². The topological polar surface area (TPSA) is 76.7 Å². The number of hydrogen-bond donors (Lipinski definition) is 2. The van der Waals surface area contributed by atoms with E-state index >= 15 is 0 Å². The van der Waals surface area contributed by atoms with Gasteiger partial charge in [0.1, 0.15) is 0 Å². The third-order valence-corrected chi connectivity index (χ3v) is 2.22. The van der Waals surface area contributed by atoms with E-state index in [-0.39, 0.29) is 22.2 Å². The minimum atomic E-state index is -0.143. The van der Waals surface area contributed by atoms with E-state index in [2.05, 4.69) is 54.9 Å². The van der Waals surface area contributed by atoms with Crippen LogP contribution in [0.4, 0.5) is 11.9 Å². The number of aromatic nitrogens is 3. The normalized spacial score (nSPS) is 12.6. The summed E-state index contributed by atoms with van der Waals surface area (Å²) in [6.07, 6.45) is 0.962. The van der Waals surface area contributed by atoms with E-state index in [0.29, 0.717) is 5.95 Å². The fourth-order valence-corrected chi connectivity index (χ4v) is 2.26. The SMILES string of the molecule is CC(C)(C)CC(C)(C)Nc1nc(N)nc(Cl)n1. The van der Waals surface area contributed by atoms with Crippen LogP contribution in [0.5, 0.6) is 0 Å². The first-order chi connectivity index (χ1) is 7.57. The minimum absolute atomic E-state index is 0.103. The average molecular weight is 258 g/mol. The molecule has 0 radical (unpaired) electrons. The first-order valence-electron chi connectivity index (χ1n) is 5.53. The molecular weight excluding hydrogens is 238 g/mol. The predicted octanol–water partition coefficient (Wildman–Crippen LogP) is 2.73. The van der Waals surface area contributed by atoms with Crippen molar-refractivity contribution >= 4 is 23.5 Å². The van der Waals surface area contributed by atoms with Gasteiger partial charge in [-0.05, 0) is 37.3 Å². The third kappa shape index (κ3) is 5.17. The number of halogens is 1. The predicted molar refractivity (Wildman–Crippen MR) is 71.0 cm³/mol. The molecule has 0 aliphatic rings. The van der Waals surface area contributed by atoms with Crippen molar-refractivity contribution in [2.75, 3.05) is 11.1 Å². The van der Waals surface area contributed by atoms with E-state index < -0.39 is 0 Å². The van der Waals surface area contributed by atoms with Crippen LogP contribution in [-0.2, 0) is 0 Å². The van der Waals surface area contributed by atoms with Gasteiger partial charge in [-0.25, -0.2) is 0 Å². The van der Waals surface area contributed by atoms with Crippen molar-refractivity contribution < 1.29 is 0 Å².